The fraction of sp³-hybridized carbons (Fsp3) is 0.533. The zero-order valence-corrected chi connectivity index (χ0v) is 12.7. The summed E-state index contributed by atoms with van der Waals surface area (Å²) in [5.41, 5.74) is -0.787. The molecule has 0 spiro atoms. The lowest BCUT2D eigenvalue weighted by molar-refractivity contribution is 0.118. The van der Waals surface area contributed by atoms with E-state index >= 15 is 0 Å². The normalized spacial score (nSPS) is 18.6. The van der Waals surface area contributed by atoms with E-state index in [1.54, 1.807) is 0 Å². The fourth-order valence-electron chi connectivity index (χ4n) is 2.49. The number of aromatic nitrogens is 2. The van der Waals surface area contributed by atoms with E-state index in [2.05, 4.69) is 16.6 Å². The number of ether oxygens (including phenoxy) is 1. The van der Waals surface area contributed by atoms with Crippen LogP contribution in [0.1, 0.15) is 31.7 Å². The monoisotopic (exact) mass is 307 g/mol. The molecule has 22 heavy (non-hydrogen) atoms. The summed E-state index contributed by atoms with van der Waals surface area (Å²) in [6.07, 6.45) is 3.95. The second kappa shape index (κ2) is 7.22. The molecule has 1 aromatic heterocycles. The SMILES string of the molecule is C=CCn1c(O)c(C(CC)=NC[C@@H]2CCCO2)c(=O)[nH]c1=O. The highest BCUT2D eigenvalue weighted by molar-refractivity contribution is 6.01. The van der Waals surface area contributed by atoms with Crippen molar-refractivity contribution in [3.63, 3.8) is 0 Å². The fourth-order valence-corrected chi connectivity index (χ4v) is 2.49. The molecule has 0 aliphatic carbocycles. The molecule has 0 unspecified atom stereocenters. The van der Waals surface area contributed by atoms with E-state index in [0.29, 0.717) is 18.7 Å². The van der Waals surface area contributed by atoms with Crippen LogP contribution >= 0.6 is 0 Å². The van der Waals surface area contributed by atoms with Crippen molar-refractivity contribution in [2.75, 3.05) is 13.2 Å². The van der Waals surface area contributed by atoms with E-state index in [0.717, 1.165) is 24.0 Å². The number of hydrogen-bond acceptors (Lipinski definition) is 5. The summed E-state index contributed by atoms with van der Waals surface area (Å²) in [4.78, 5) is 30.4. The average Bonchev–Trinajstić information content (AvgIpc) is 3.00. The number of rotatable bonds is 6. The molecule has 0 saturated carbocycles. The zero-order chi connectivity index (χ0) is 16.1. The van der Waals surface area contributed by atoms with Gasteiger partial charge in [0, 0.05) is 13.2 Å². The number of allylic oxidation sites excluding steroid dienone is 1. The Balaban J connectivity index is 2.41. The molecule has 1 aliphatic heterocycles. The molecule has 2 heterocycles. The second-order valence-corrected chi connectivity index (χ2v) is 5.13. The zero-order valence-electron chi connectivity index (χ0n) is 12.7. The van der Waals surface area contributed by atoms with Crippen molar-refractivity contribution in [3.8, 4) is 5.88 Å². The lowest BCUT2D eigenvalue weighted by Gasteiger charge is -2.12. The van der Waals surface area contributed by atoms with Crippen LogP contribution in [0.3, 0.4) is 0 Å². The average molecular weight is 307 g/mol. The molecule has 7 heteroatoms. The molecule has 1 aliphatic rings. The van der Waals surface area contributed by atoms with Crippen molar-refractivity contribution in [1.29, 1.82) is 0 Å². The molecule has 0 bridgehead atoms. The van der Waals surface area contributed by atoms with Crippen LogP contribution < -0.4 is 11.2 Å². The summed E-state index contributed by atoms with van der Waals surface area (Å²) < 4.78 is 6.56. The van der Waals surface area contributed by atoms with Crippen molar-refractivity contribution >= 4 is 5.71 Å². The Morgan fingerprint density at radius 3 is 2.95 bits per heavy atom. The highest BCUT2D eigenvalue weighted by Crippen LogP contribution is 2.16. The number of hydrogen-bond donors (Lipinski definition) is 2. The largest absolute Gasteiger partial charge is 0.494 e. The van der Waals surface area contributed by atoms with Gasteiger partial charge in [-0.1, -0.05) is 13.0 Å². The third kappa shape index (κ3) is 3.36. The molecule has 0 aromatic carbocycles. The minimum Gasteiger partial charge on any atom is -0.494 e. The molecular weight excluding hydrogens is 286 g/mol. The number of nitrogens with one attached hydrogen (secondary N) is 1. The summed E-state index contributed by atoms with van der Waals surface area (Å²) in [7, 11) is 0. The van der Waals surface area contributed by atoms with Crippen LogP contribution in [0, 0.1) is 0 Å². The molecule has 2 rings (SSSR count). The van der Waals surface area contributed by atoms with Crippen LogP contribution in [0.4, 0.5) is 0 Å². The van der Waals surface area contributed by atoms with Gasteiger partial charge < -0.3 is 9.84 Å². The van der Waals surface area contributed by atoms with E-state index in [1.807, 2.05) is 6.92 Å². The molecule has 2 N–H and O–H groups in total. The lowest BCUT2D eigenvalue weighted by Crippen LogP contribution is -2.34. The first-order chi connectivity index (χ1) is 10.6. The molecule has 120 valence electrons. The Labute approximate surface area is 128 Å². The summed E-state index contributed by atoms with van der Waals surface area (Å²) in [5.74, 6) is -0.374. The number of H-pyrrole nitrogens is 1. The quantitative estimate of drug-likeness (QED) is 0.600. The van der Waals surface area contributed by atoms with Crippen LogP contribution in [0.15, 0.2) is 27.2 Å². The van der Waals surface area contributed by atoms with E-state index in [1.165, 1.54) is 6.08 Å². The Bertz CT molecular complexity index is 681. The van der Waals surface area contributed by atoms with Gasteiger partial charge in [-0.25, -0.2) is 4.79 Å². The van der Waals surface area contributed by atoms with Gasteiger partial charge in [-0.3, -0.25) is 19.3 Å². The number of aromatic hydroxyl groups is 1. The van der Waals surface area contributed by atoms with Gasteiger partial charge in [0.2, 0.25) is 5.88 Å². The first kappa shape index (κ1) is 16.2. The predicted molar refractivity (Wildman–Crippen MR) is 83.9 cm³/mol. The van der Waals surface area contributed by atoms with Gasteiger partial charge in [-0.05, 0) is 19.3 Å². The molecule has 0 amide bonds. The number of aliphatic imine (C=N–C) groups is 1. The summed E-state index contributed by atoms with van der Waals surface area (Å²) in [6, 6.07) is 0. The van der Waals surface area contributed by atoms with Gasteiger partial charge in [0.25, 0.3) is 5.56 Å². The van der Waals surface area contributed by atoms with Crippen LogP contribution in [-0.2, 0) is 11.3 Å². The van der Waals surface area contributed by atoms with Gasteiger partial charge in [-0.2, -0.15) is 0 Å². The third-order valence-electron chi connectivity index (χ3n) is 3.62. The summed E-state index contributed by atoms with van der Waals surface area (Å²) >= 11 is 0. The van der Waals surface area contributed by atoms with Crippen LogP contribution in [0.25, 0.3) is 0 Å². The smallest absolute Gasteiger partial charge is 0.331 e. The predicted octanol–water partition coefficient (Wildman–Crippen LogP) is 0.806. The number of nitrogens with zero attached hydrogens (tertiary/aromatic N) is 2. The van der Waals surface area contributed by atoms with Crippen molar-refractivity contribution in [2.45, 2.75) is 38.8 Å². The summed E-state index contributed by atoms with van der Waals surface area (Å²) in [5, 5.41) is 10.3. The molecule has 1 atom stereocenters. The van der Waals surface area contributed by atoms with E-state index < -0.39 is 11.2 Å². The Morgan fingerprint density at radius 2 is 2.36 bits per heavy atom. The standard InChI is InChI=1S/C15H21N3O4/c1-3-7-18-14(20)12(13(19)17-15(18)21)11(4-2)16-9-10-6-5-8-22-10/h3,10,20H,1,4-9H2,2H3,(H,17,19,21)/t10-/m0/s1. The minimum atomic E-state index is -0.666. The van der Waals surface area contributed by atoms with E-state index in [-0.39, 0.29) is 24.1 Å². The first-order valence-electron chi connectivity index (χ1n) is 7.40. The maximum Gasteiger partial charge on any atom is 0.331 e. The highest BCUT2D eigenvalue weighted by Gasteiger charge is 2.19. The Morgan fingerprint density at radius 1 is 1.59 bits per heavy atom. The third-order valence-corrected chi connectivity index (χ3v) is 3.62. The maximum atomic E-state index is 12.0. The van der Waals surface area contributed by atoms with Gasteiger partial charge >= 0.3 is 5.69 Å². The van der Waals surface area contributed by atoms with Crippen molar-refractivity contribution in [1.82, 2.24) is 9.55 Å². The van der Waals surface area contributed by atoms with Gasteiger partial charge in [0.1, 0.15) is 5.56 Å². The maximum absolute atomic E-state index is 12.0. The molecule has 0 radical (unpaired) electrons. The molecule has 1 aromatic rings. The minimum absolute atomic E-state index is 0.0435. The Kier molecular flexibility index (Phi) is 5.32. The van der Waals surface area contributed by atoms with Gasteiger partial charge in [0.15, 0.2) is 0 Å². The Hall–Kier alpha value is -2.15. The topological polar surface area (TPSA) is 96.7 Å². The van der Waals surface area contributed by atoms with Crippen molar-refractivity contribution < 1.29 is 9.84 Å². The van der Waals surface area contributed by atoms with Crippen molar-refractivity contribution in [3.05, 3.63) is 39.1 Å². The first-order valence-corrected chi connectivity index (χ1v) is 7.40. The van der Waals surface area contributed by atoms with Gasteiger partial charge in [-0.15, -0.1) is 6.58 Å². The lowest BCUT2D eigenvalue weighted by atomic mass is 10.1. The molecule has 1 fully saturated rings. The second-order valence-electron chi connectivity index (χ2n) is 5.13. The molecule has 7 nitrogen and oxygen atoms in total. The molecular formula is C15H21N3O4. The number of aromatic amines is 1. The van der Waals surface area contributed by atoms with Crippen LogP contribution in [0.2, 0.25) is 0 Å². The van der Waals surface area contributed by atoms with E-state index in [9.17, 15) is 14.7 Å². The van der Waals surface area contributed by atoms with Crippen LogP contribution in [-0.4, -0.2) is 39.6 Å². The van der Waals surface area contributed by atoms with Crippen molar-refractivity contribution in [2.24, 2.45) is 4.99 Å². The highest BCUT2D eigenvalue weighted by atomic mass is 16.5. The molecule has 1 saturated heterocycles. The van der Waals surface area contributed by atoms with Gasteiger partial charge in [0.05, 0.1) is 18.4 Å². The van der Waals surface area contributed by atoms with E-state index in [4.69, 9.17) is 4.74 Å². The van der Waals surface area contributed by atoms with Crippen LogP contribution in [0.5, 0.6) is 5.88 Å². The summed E-state index contributed by atoms with van der Waals surface area (Å²) in [6.45, 7) is 6.67.